The van der Waals surface area contributed by atoms with Crippen molar-refractivity contribution in [2.75, 3.05) is 12.3 Å². The maximum atomic E-state index is 4.30. The highest BCUT2D eigenvalue weighted by Crippen LogP contribution is 2.32. The zero-order chi connectivity index (χ0) is 21.4. The molecule has 0 atom stereocenters. The molecule has 0 aliphatic rings. The van der Waals surface area contributed by atoms with E-state index in [1.54, 1.807) is 18.0 Å². The van der Waals surface area contributed by atoms with Gasteiger partial charge in [0.1, 0.15) is 0 Å². The summed E-state index contributed by atoms with van der Waals surface area (Å²) in [6.45, 7) is 20.6. The molecule has 1 N–H and O–H groups in total. The predicted molar refractivity (Wildman–Crippen MR) is 137 cm³/mol. The van der Waals surface area contributed by atoms with E-state index in [1.165, 1.54) is 45.2 Å². The van der Waals surface area contributed by atoms with Gasteiger partial charge in [-0.2, -0.15) is 11.8 Å². The molecule has 0 saturated heterocycles. The first-order valence-electron chi connectivity index (χ1n) is 10.5. The van der Waals surface area contributed by atoms with E-state index in [1.807, 2.05) is 6.92 Å². The van der Waals surface area contributed by atoms with E-state index in [2.05, 4.69) is 92.2 Å². The van der Waals surface area contributed by atoms with Crippen LogP contribution in [-0.4, -0.2) is 21.6 Å². The minimum atomic E-state index is 0.378. The normalized spacial score (nSPS) is 11.6. The van der Waals surface area contributed by atoms with E-state index in [4.69, 9.17) is 0 Å². The van der Waals surface area contributed by atoms with Gasteiger partial charge in [0.2, 0.25) is 0 Å². The van der Waals surface area contributed by atoms with E-state index in [-0.39, 0.29) is 0 Å². The van der Waals surface area contributed by atoms with Crippen LogP contribution in [0.5, 0.6) is 0 Å². The number of allylic oxidation sites excluding steroid dienone is 1. The molecular formula is C25H36N2S2. The van der Waals surface area contributed by atoms with Gasteiger partial charge in [-0.15, -0.1) is 6.58 Å². The summed E-state index contributed by atoms with van der Waals surface area (Å²) in [4.78, 5) is 1.31. The maximum Gasteiger partial charge on any atom is 0.0498 e. The molecule has 0 spiro atoms. The number of nitrogens with one attached hydrogen (secondary N) is 1. The van der Waals surface area contributed by atoms with Gasteiger partial charge in [0.15, 0.2) is 0 Å². The van der Waals surface area contributed by atoms with E-state index in [0.29, 0.717) is 4.75 Å². The Hall–Kier alpha value is -1.36. The Morgan fingerprint density at radius 3 is 2.45 bits per heavy atom. The van der Waals surface area contributed by atoms with Gasteiger partial charge in [-0.1, -0.05) is 51.6 Å². The molecule has 2 aromatic carbocycles. The average Bonchev–Trinajstić information content (AvgIpc) is 2.95. The fourth-order valence-electron chi connectivity index (χ4n) is 3.37. The molecule has 3 rings (SSSR count). The summed E-state index contributed by atoms with van der Waals surface area (Å²) in [7, 11) is 0. The molecule has 29 heavy (non-hydrogen) atoms. The lowest BCUT2D eigenvalue weighted by atomic mass is 10.1. The van der Waals surface area contributed by atoms with Gasteiger partial charge in [0, 0.05) is 44.4 Å². The molecule has 0 bridgehead atoms. The van der Waals surface area contributed by atoms with Crippen molar-refractivity contribution in [3.63, 3.8) is 0 Å². The molecule has 4 heteroatoms. The van der Waals surface area contributed by atoms with E-state index >= 15 is 0 Å². The summed E-state index contributed by atoms with van der Waals surface area (Å²) in [5.74, 6) is 1.24. The quantitative estimate of drug-likeness (QED) is 0.235. The van der Waals surface area contributed by atoms with Crippen molar-refractivity contribution in [3.05, 3.63) is 48.3 Å². The first-order valence-corrected chi connectivity index (χ1v) is 12.3. The second-order valence-corrected chi connectivity index (χ2v) is 10.9. The van der Waals surface area contributed by atoms with E-state index < -0.39 is 0 Å². The lowest BCUT2D eigenvalue weighted by Gasteiger charge is -2.17. The zero-order valence-electron chi connectivity index (χ0n) is 18.7. The topological polar surface area (TPSA) is 17.0 Å². The molecule has 158 valence electrons. The van der Waals surface area contributed by atoms with Gasteiger partial charge in [0.05, 0.1) is 0 Å². The highest BCUT2D eigenvalue weighted by atomic mass is 32.2. The molecule has 0 radical (unpaired) electrons. The minimum Gasteiger partial charge on any atom is -0.341 e. The summed E-state index contributed by atoms with van der Waals surface area (Å²) < 4.78 is 6.25. The summed E-state index contributed by atoms with van der Waals surface area (Å²) >= 11 is 3.82. The van der Waals surface area contributed by atoms with Gasteiger partial charge in [-0.3, -0.25) is 4.72 Å². The minimum absolute atomic E-state index is 0.378. The molecule has 1 aromatic heterocycles. The molecule has 0 amide bonds. The summed E-state index contributed by atoms with van der Waals surface area (Å²) in [6.07, 6.45) is 4.24. The smallest absolute Gasteiger partial charge is 0.0498 e. The van der Waals surface area contributed by atoms with Gasteiger partial charge in [-0.25, -0.2) is 0 Å². The fourth-order valence-corrected chi connectivity index (χ4v) is 5.15. The number of unbranched alkanes of at least 4 members (excludes halogenated alkanes) is 1. The van der Waals surface area contributed by atoms with Crippen LogP contribution in [0, 0.1) is 0 Å². The number of hydrogen-bond acceptors (Lipinski definition) is 3. The Balaban J connectivity index is 0.000000941. The third kappa shape index (κ3) is 6.31. The summed E-state index contributed by atoms with van der Waals surface area (Å²) in [5.41, 5.74) is 1.30. The van der Waals surface area contributed by atoms with Crippen molar-refractivity contribution >= 4 is 52.0 Å². The Bertz CT molecular complexity index is 966. The van der Waals surface area contributed by atoms with Crippen LogP contribution in [0.4, 0.5) is 0 Å². The van der Waals surface area contributed by atoms with Gasteiger partial charge >= 0.3 is 0 Å². The summed E-state index contributed by atoms with van der Waals surface area (Å²) in [6, 6.07) is 11.1. The van der Waals surface area contributed by atoms with Crippen LogP contribution < -0.4 is 10.1 Å². The third-order valence-corrected chi connectivity index (χ3v) is 6.90. The van der Waals surface area contributed by atoms with Crippen LogP contribution in [0.1, 0.15) is 47.5 Å². The average molecular weight is 429 g/mol. The highest BCUT2D eigenvalue weighted by molar-refractivity contribution is 8.00. The van der Waals surface area contributed by atoms with Crippen molar-refractivity contribution in [2.45, 2.75) is 63.6 Å². The number of benzene rings is 2. The van der Waals surface area contributed by atoms with Crippen LogP contribution >= 0.6 is 23.7 Å². The molecule has 0 fully saturated rings. The standard InChI is InChI=1S/C22H30N2S2.C3H6/c1-6-24-16(2)17-10-9-11-18-20(13-12-19(24)21(17)18)26-23-14-7-8-15-25-22(3,4)5;1-3-2/h9-13,23H,2,6-8,14-15H2,1,3-5H3;3H,1H2,2H3. The maximum absolute atomic E-state index is 4.30. The third-order valence-electron chi connectivity index (χ3n) is 4.61. The van der Waals surface area contributed by atoms with Crippen LogP contribution in [0.25, 0.3) is 28.3 Å². The largest absolute Gasteiger partial charge is 0.341 e. The predicted octanol–water partition coefficient (Wildman–Crippen LogP) is 7.04. The monoisotopic (exact) mass is 428 g/mol. The molecular weight excluding hydrogens is 392 g/mol. The van der Waals surface area contributed by atoms with Crippen molar-refractivity contribution < 1.29 is 0 Å². The Labute approximate surface area is 185 Å². The second-order valence-electron chi connectivity index (χ2n) is 8.07. The Morgan fingerprint density at radius 1 is 1.10 bits per heavy atom. The van der Waals surface area contributed by atoms with Crippen molar-refractivity contribution in [1.82, 2.24) is 9.29 Å². The van der Waals surface area contributed by atoms with Gasteiger partial charge < -0.3 is 4.57 Å². The molecule has 1 heterocycles. The summed E-state index contributed by atoms with van der Waals surface area (Å²) in [5, 5.41) is 5.09. The number of nitrogens with zero attached hydrogens (tertiary/aromatic N) is 1. The molecule has 0 unspecified atom stereocenters. The van der Waals surface area contributed by atoms with Crippen molar-refractivity contribution in [1.29, 1.82) is 0 Å². The molecule has 0 saturated carbocycles. The molecule has 0 aliphatic carbocycles. The van der Waals surface area contributed by atoms with E-state index in [9.17, 15) is 0 Å². The number of thioether (sulfide) groups is 1. The van der Waals surface area contributed by atoms with Crippen molar-refractivity contribution in [2.24, 2.45) is 0 Å². The van der Waals surface area contributed by atoms with Crippen LogP contribution in [0.15, 0.2) is 47.9 Å². The second kappa shape index (κ2) is 11.1. The highest BCUT2D eigenvalue weighted by Gasteiger charge is 2.13. The number of aryl methyl sites for hydroxylation is 1. The van der Waals surface area contributed by atoms with Gasteiger partial charge in [-0.05, 0) is 61.9 Å². The first kappa shape index (κ1) is 23.9. The van der Waals surface area contributed by atoms with E-state index in [0.717, 1.165) is 18.4 Å². The molecule has 2 nitrogen and oxygen atoms in total. The molecule has 0 aliphatic heterocycles. The SMILES string of the molecule is C=CC.C=c1c2cccc3c(SNCCCCSC(C)(C)C)ccc(c32)n1CC. The van der Waals surface area contributed by atoms with Crippen molar-refractivity contribution in [3.8, 4) is 0 Å². The van der Waals surface area contributed by atoms with Crippen LogP contribution in [-0.2, 0) is 6.54 Å². The number of rotatable bonds is 8. The Kier molecular flexibility index (Phi) is 9.19. The Morgan fingerprint density at radius 2 is 1.79 bits per heavy atom. The lowest BCUT2D eigenvalue weighted by Crippen LogP contribution is -2.12. The van der Waals surface area contributed by atoms with Crippen LogP contribution in [0.2, 0.25) is 0 Å². The fraction of sp³-hybridized carbons (Fsp3) is 0.440. The first-order chi connectivity index (χ1) is 13.8. The lowest BCUT2D eigenvalue weighted by molar-refractivity contribution is 0.766. The number of aromatic nitrogens is 1. The number of hydrogen-bond donors (Lipinski definition) is 1. The zero-order valence-corrected chi connectivity index (χ0v) is 20.3. The van der Waals surface area contributed by atoms with Crippen LogP contribution in [0.3, 0.4) is 0 Å². The molecule has 3 aromatic rings. The van der Waals surface area contributed by atoms with Gasteiger partial charge in [0.25, 0.3) is 0 Å².